The van der Waals surface area contributed by atoms with Crippen molar-refractivity contribution in [2.24, 2.45) is 5.92 Å². The van der Waals surface area contributed by atoms with Crippen molar-refractivity contribution in [2.45, 2.75) is 30.7 Å². The van der Waals surface area contributed by atoms with Crippen LogP contribution in [0.3, 0.4) is 0 Å². The molecule has 3 aromatic rings. The minimum atomic E-state index is -3.51. The lowest BCUT2D eigenvalue weighted by Crippen LogP contribution is -2.44. The fourth-order valence-corrected chi connectivity index (χ4v) is 6.04. The highest BCUT2D eigenvalue weighted by Gasteiger charge is 2.34. The summed E-state index contributed by atoms with van der Waals surface area (Å²) in [5.74, 6) is 1.03. The largest absolute Gasteiger partial charge is 0.338 e. The molecule has 5 rings (SSSR count). The molecular formula is C25H28BrN5O4S. The molecule has 11 heteroatoms. The number of carbonyl (C=O) groups excluding carboxylic acids is 1. The van der Waals surface area contributed by atoms with Gasteiger partial charge in [-0.3, -0.25) is 9.69 Å². The summed E-state index contributed by atoms with van der Waals surface area (Å²) < 4.78 is 32.7. The SMILES string of the molecule is CN(C)S(=O)(=O)c1ccc2c(c1)CCN2C(=O)C1CCCN(Cc2nc(-c3ccc(Br)cc3)no2)C1. The van der Waals surface area contributed by atoms with Crippen LogP contribution >= 0.6 is 15.9 Å². The Morgan fingerprint density at radius 2 is 1.94 bits per heavy atom. The summed E-state index contributed by atoms with van der Waals surface area (Å²) in [6, 6.07) is 12.8. The Balaban J connectivity index is 1.25. The van der Waals surface area contributed by atoms with E-state index in [9.17, 15) is 13.2 Å². The number of carbonyl (C=O) groups is 1. The first-order valence-electron chi connectivity index (χ1n) is 11.9. The van der Waals surface area contributed by atoms with Gasteiger partial charge < -0.3 is 9.42 Å². The topological polar surface area (TPSA) is 99.9 Å². The van der Waals surface area contributed by atoms with Crippen LogP contribution in [0.4, 0.5) is 5.69 Å². The number of hydrogen-bond donors (Lipinski definition) is 0. The van der Waals surface area contributed by atoms with Crippen LogP contribution in [0, 0.1) is 5.92 Å². The number of hydrogen-bond acceptors (Lipinski definition) is 7. The highest BCUT2D eigenvalue weighted by atomic mass is 79.9. The Labute approximate surface area is 219 Å². The molecule has 2 aromatic carbocycles. The van der Waals surface area contributed by atoms with E-state index in [4.69, 9.17) is 4.52 Å². The van der Waals surface area contributed by atoms with Gasteiger partial charge in [-0.05, 0) is 73.8 Å². The lowest BCUT2D eigenvalue weighted by Gasteiger charge is -2.33. The minimum absolute atomic E-state index is 0.0859. The van der Waals surface area contributed by atoms with Crippen LogP contribution in [-0.2, 0) is 27.8 Å². The highest BCUT2D eigenvalue weighted by Crippen LogP contribution is 2.33. The zero-order chi connectivity index (χ0) is 25.4. The number of fused-ring (bicyclic) bond motifs is 1. The van der Waals surface area contributed by atoms with E-state index in [0.717, 1.165) is 40.7 Å². The number of amides is 1. The molecule has 3 heterocycles. The molecule has 2 aliphatic rings. The number of likely N-dealkylation sites (tertiary alicyclic amines) is 1. The van der Waals surface area contributed by atoms with Gasteiger partial charge in [0.1, 0.15) is 0 Å². The summed E-state index contributed by atoms with van der Waals surface area (Å²) in [6.07, 6.45) is 2.38. The van der Waals surface area contributed by atoms with Crippen LogP contribution in [0.1, 0.15) is 24.3 Å². The van der Waals surface area contributed by atoms with E-state index in [-0.39, 0.29) is 16.7 Å². The molecule has 36 heavy (non-hydrogen) atoms. The van der Waals surface area contributed by atoms with Crippen LogP contribution in [0.2, 0.25) is 0 Å². The first-order chi connectivity index (χ1) is 17.2. The highest BCUT2D eigenvalue weighted by molar-refractivity contribution is 9.10. The molecular weight excluding hydrogens is 546 g/mol. The van der Waals surface area contributed by atoms with Crippen molar-refractivity contribution in [1.29, 1.82) is 0 Å². The Morgan fingerprint density at radius 1 is 1.17 bits per heavy atom. The van der Waals surface area contributed by atoms with Gasteiger partial charge in [0.25, 0.3) is 0 Å². The van der Waals surface area contributed by atoms with Crippen LogP contribution in [0.5, 0.6) is 0 Å². The molecule has 1 aromatic heterocycles. The van der Waals surface area contributed by atoms with Gasteiger partial charge in [-0.15, -0.1) is 0 Å². The maximum Gasteiger partial charge on any atom is 0.242 e. The summed E-state index contributed by atoms with van der Waals surface area (Å²) in [7, 11) is -0.477. The van der Waals surface area contributed by atoms with Gasteiger partial charge in [0.2, 0.25) is 27.6 Å². The van der Waals surface area contributed by atoms with Gasteiger partial charge in [0.05, 0.1) is 17.4 Å². The molecule has 1 saturated heterocycles. The number of anilines is 1. The molecule has 1 amide bonds. The molecule has 0 aliphatic carbocycles. The first-order valence-corrected chi connectivity index (χ1v) is 14.1. The van der Waals surface area contributed by atoms with Crippen molar-refractivity contribution < 1.29 is 17.7 Å². The Bertz CT molecular complexity index is 1370. The molecule has 0 N–H and O–H groups in total. The van der Waals surface area contributed by atoms with Gasteiger partial charge in [0.15, 0.2) is 0 Å². The van der Waals surface area contributed by atoms with Crippen LogP contribution in [-0.4, -0.2) is 67.4 Å². The molecule has 2 aliphatic heterocycles. The Hall–Kier alpha value is -2.60. The molecule has 0 bridgehead atoms. The third-order valence-corrected chi connectivity index (χ3v) is 9.11. The van der Waals surface area contributed by atoms with Crippen molar-refractivity contribution in [1.82, 2.24) is 19.3 Å². The first kappa shape index (κ1) is 25.1. The zero-order valence-electron chi connectivity index (χ0n) is 20.2. The van der Waals surface area contributed by atoms with E-state index >= 15 is 0 Å². The summed E-state index contributed by atoms with van der Waals surface area (Å²) in [5, 5.41) is 4.11. The van der Waals surface area contributed by atoms with Crippen molar-refractivity contribution >= 4 is 37.5 Å². The van der Waals surface area contributed by atoms with Gasteiger partial charge in [0, 0.05) is 42.9 Å². The Morgan fingerprint density at radius 3 is 2.69 bits per heavy atom. The van der Waals surface area contributed by atoms with Crippen LogP contribution in [0.25, 0.3) is 11.4 Å². The van der Waals surface area contributed by atoms with E-state index in [0.29, 0.717) is 37.8 Å². The number of rotatable bonds is 6. The summed E-state index contributed by atoms with van der Waals surface area (Å²) in [5.41, 5.74) is 2.59. The normalized spacial score (nSPS) is 18.6. The number of benzene rings is 2. The average molecular weight is 575 g/mol. The molecule has 1 atom stereocenters. The van der Waals surface area contributed by atoms with E-state index in [1.165, 1.54) is 18.4 Å². The predicted molar refractivity (Wildman–Crippen MR) is 139 cm³/mol. The molecule has 9 nitrogen and oxygen atoms in total. The Kier molecular flexibility index (Phi) is 6.99. The number of aromatic nitrogens is 2. The maximum atomic E-state index is 13.5. The third-order valence-electron chi connectivity index (χ3n) is 6.78. The van der Waals surface area contributed by atoms with Gasteiger partial charge in [-0.2, -0.15) is 4.98 Å². The molecule has 0 saturated carbocycles. The van der Waals surface area contributed by atoms with Crippen molar-refractivity contribution in [3.63, 3.8) is 0 Å². The molecule has 1 fully saturated rings. The predicted octanol–water partition coefficient (Wildman–Crippen LogP) is 3.55. The standard InChI is InChI=1S/C25H28BrN5O4S/c1-29(2)36(33,34)21-9-10-22-18(14-21)11-13-31(22)25(32)19-4-3-12-30(15-19)16-23-27-24(28-35-23)17-5-7-20(26)8-6-17/h5-10,14,19H,3-4,11-13,15-16H2,1-2H3. The number of nitrogens with zero attached hydrogens (tertiary/aromatic N) is 5. The average Bonchev–Trinajstić information content (AvgIpc) is 3.51. The maximum absolute atomic E-state index is 13.5. The summed E-state index contributed by atoms with van der Waals surface area (Å²) in [4.78, 5) is 22.3. The number of halogens is 1. The monoisotopic (exact) mass is 573 g/mol. The summed E-state index contributed by atoms with van der Waals surface area (Å²) in [6.45, 7) is 2.54. The molecule has 0 spiro atoms. The van der Waals surface area contributed by atoms with E-state index < -0.39 is 10.0 Å². The van der Waals surface area contributed by atoms with E-state index in [1.54, 1.807) is 18.2 Å². The second-order valence-corrected chi connectivity index (χ2v) is 12.5. The van der Waals surface area contributed by atoms with Gasteiger partial charge in [-0.1, -0.05) is 21.1 Å². The van der Waals surface area contributed by atoms with E-state index in [2.05, 4.69) is 31.0 Å². The molecule has 190 valence electrons. The number of piperidine rings is 1. The fraction of sp³-hybridized carbons (Fsp3) is 0.400. The molecule has 0 radical (unpaired) electrons. The summed E-state index contributed by atoms with van der Waals surface area (Å²) >= 11 is 3.43. The van der Waals surface area contributed by atoms with Crippen molar-refractivity contribution in [3.05, 3.63) is 58.4 Å². The minimum Gasteiger partial charge on any atom is -0.338 e. The molecule has 1 unspecified atom stereocenters. The quantitative estimate of drug-likeness (QED) is 0.444. The second kappa shape index (κ2) is 10.0. The van der Waals surface area contributed by atoms with Crippen LogP contribution < -0.4 is 4.90 Å². The smallest absolute Gasteiger partial charge is 0.242 e. The second-order valence-electron chi connectivity index (χ2n) is 9.41. The van der Waals surface area contributed by atoms with Crippen LogP contribution in [0.15, 0.2) is 56.4 Å². The van der Waals surface area contributed by atoms with E-state index in [1.807, 2.05) is 29.2 Å². The third kappa shape index (κ3) is 4.97. The lowest BCUT2D eigenvalue weighted by atomic mass is 9.96. The van der Waals surface area contributed by atoms with Gasteiger partial charge >= 0.3 is 0 Å². The van der Waals surface area contributed by atoms with Gasteiger partial charge in [-0.25, -0.2) is 12.7 Å². The fourth-order valence-electron chi connectivity index (χ4n) is 4.83. The lowest BCUT2D eigenvalue weighted by molar-refractivity contribution is -0.124. The van der Waals surface area contributed by atoms with Crippen molar-refractivity contribution in [3.8, 4) is 11.4 Å². The van der Waals surface area contributed by atoms with Crippen molar-refractivity contribution in [2.75, 3.05) is 38.6 Å². The zero-order valence-corrected chi connectivity index (χ0v) is 22.6. The number of sulfonamides is 1.